The summed E-state index contributed by atoms with van der Waals surface area (Å²) in [5.41, 5.74) is 1.18. The van der Waals surface area contributed by atoms with Crippen molar-refractivity contribution in [2.45, 2.75) is 38.4 Å². The summed E-state index contributed by atoms with van der Waals surface area (Å²) in [6.45, 7) is 4.98. The van der Waals surface area contributed by atoms with E-state index in [1.54, 1.807) is 0 Å². The third-order valence-electron chi connectivity index (χ3n) is 5.28. The molecule has 1 aromatic heterocycles. The number of carbonyl (C=O) groups excluding carboxylic acids is 1. The van der Waals surface area contributed by atoms with Crippen molar-refractivity contribution in [3.63, 3.8) is 0 Å². The van der Waals surface area contributed by atoms with Crippen molar-refractivity contribution in [2.24, 2.45) is 5.92 Å². The van der Waals surface area contributed by atoms with Gasteiger partial charge in [0.05, 0.1) is 11.3 Å². The number of rotatable bonds is 4. The van der Waals surface area contributed by atoms with Crippen molar-refractivity contribution >= 4 is 22.4 Å². The molecular formula is C19H20F3N3OS. The minimum absolute atomic E-state index is 0.0162. The van der Waals surface area contributed by atoms with Crippen LogP contribution in [0.4, 0.5) is 18.3 Å². The summed E-state index contributed by atoms with van der Waals surface area (Å²) in [6.07, 6.45) is -2.78. The largest absolute Gasteiger partial charge is 0.416 e. The highest BCUT2D eigenvalue weighted by molar-refractivity contribution is 7.15. The van der Waals surface area contributed by atoms with Gasteiger partial charge in [0.25, 0.3) is 0 Å². The fourth-order valence-electron chi connectivity index (χ4n) is 3.54. The van der Waals surface area contributed by atoms with E-state index in [1.807, 2.05) is 0 Å². The lowest BCUT2D eigenvalue weighted by Gasteiger charge is -2.23. The SMILES string of the molecule is CCN1CCc2nc(NC(=O)C3CC3c3ccc(C(F)(F)F)cc3)sc2C1. The molecule has 1 amide bonds. The molecule has 1 aliphatic carbocycles. The zero-order valence-electron chi connectivity index (χ0n) is 14.8. The highest BCUT2D eigenvalue weighted by Crippen LogP contribution is 2.48. The summed E-state index contributed by atoms with van der Waals surface area (Å²) in [4.78, 5) is 20.6. The fraction of sp³-hybridized carbons (Fsp3) is 0.474. The van der Waals surface area contributed by atoms with Gasteiger partial charge < -0.3 is 5.32 Å². The van der Waals surface area contributed by atoms with E-state index in [2.05, 4.69) is 22.1 Å². The number of nitrogens with one attached hydrogen (secondary N) is 1. The van der Waals surface area contributed by atoms with Gasteiger partial charge in [0.2, 0.25) is 5.91 Å². The van der Waals surface area contributed by atoms with Gasteiger partial charge in [0.15, 0.2) is 5.13 Å². The lowest BCUT2D eigenvalue weighted by atomic mass is 10.1. The van der Waals surface area contributed by atoms with E-state index < -0.39 is 11.7 Å². The first-order valence-corrected chi connectivity index (χ1v) is 9.85. The number of thiazole rings is 1. The maximum atomic E-state index is 12.7. The molecule has 1 saturated carbocycles. The summed E-state index contributed by atoms with van der Waals surface area (Å²) in [5.74, 6) is -0.314. The predicted molar refractivity (Wildman–Crippen MR) is 97.7 cm³/mol. The van der Waals surface area contributed by atoms with Crippen molar-refractivity contribution in [1.82, 2.24) is 9.88 Å². The molecule has 2 aromatic rings. The smallest absolute Gasteiger partial charge is 0.302 e. The van der Waals surface area contributed by atoms with E-state index in [0.717, 1.165) is 49.4 Å². The monoisotopic (exact) mass is 395 g/mol. The van der Waals surface area contributed by atoms with Gasteiger partial charge in [-0.3, -0.25) is 9.69 Å². The molecule has 4 rings (SSSR count). The number of aromatic nitrogens is 1. The number of hydrogen-bond donors (Lipinski definition) is 1. The van der Waals surface area contributed by atoms with Crippen LogP contribution < -0.4 is 5.32 Å². The standard InChI is InChI=1S/C19H20F3N3OS/c1-2-25-8-7-15-16(10-25)27-18(23-15)24-17(26)14-9-13(14)11-3-5-12(6-4-11)19(20,21)22/h3-6,13-14H,2,7-10H2,1H3,(H,23,24,26). The van der Waals surface area contributed by atoms with Crippen LogP contribution in [0.25, 0.3) is 0 Å². The molecule has 8 heteroatoms. The molecular weight excluding hydrogens is 375 g/mol. The second-order valence-corrected chi connectivity index (χ2v) is 8.15. The van der Waals surface area contributed by atoms with Crippen LogP contribution in [0.5, 0.6) is 0 Å². The molecule has 2 aliphatic rings. The van der Waals surface area contributed by atoms with E-state index in [0.29, 0.717) is 11.6 Å². The summed E-state index contributed by atoms with van der Waals surface area (Å²) in [7, 11) is 0. The summed E-state index contributed by atoms with van der Waals surface area (Å²) < 4.78 is 38.0. The van der Waals surface area contributed by atoms with Crippen LogP contribution in [0, 0.1) is 5.92 Å². The fourth-order valence-corrected chi connectivity index (χ4v) is 4.60. The molecule has 0 bridgehead atoms. The van der Waals surface area contributed by atoms with E-state index in [9.17, 15) is 18.0 Å². The van der Waals surface area contributed by atoms with Crippen molar-refractivity contribution in [1.29, 1.82) is 0 Å². The van der Waals surface area contributed by atoms with Crippen molar-refractivity contribution in [3.05, 3.63) is 46.0 Å². The first kappa shape index (κ1) is 18.4. The lowest BCUT2D eigenvalue weighted by Crippen LogP contribution is -2.29. The molecule has 2 atom stereocenters. The van der Waals surface area contributed by atoms with Crippen molar-refractivity contribution in [3.8, 4) is 0 Å². The highest BCUT2D eigenvalue weighted by atomic mass is 32.1. The molecule has 144 valence electrons. The molecule has 1 fully saturated rings. The molecule has 1 aromatic carbocycles. The van der Waals surface area contributed by atoms with E-state index >= 15 is 0 Å². The lowest BCUT2D eigenvalue weighted by molar-refractivity contribution is -0.137. The zero-order chi connectivity index (χ0) is 19.2. The van der Waals surface area contributed by atoms with Crippen LogP contribution in [-0.2, 0) is 23.9 Å². The van der Waals surface area contributed by atoms with Crippen LogP contribution in [-0.4, -0.2) is 28.9 Å². The minimum atomic E-state index is -4.34. The molecule has 0 saturated heterocycles. The Morgan fingerprint density at radius 3 is 2.74 bits per heavy atom. The number of anilines is 1. The number of benzene rings is 1. The summed E-state index contributed by atoms with van der Waals surface area (Å²) in [5, 5.41) is 3.53. The average Bonchev–Trinajstić information content (AvgIpc) is 3.34. The number of halogens is 3. The Kier molecular flexibility index (Phi) is 4.71. The maximum Gasteiger partial charge on any atom is 0.416 e. The van der Waals surface area contributed by atoms with Gasteiger partial charge >= 0.3 is 6.18 Å². The quantitative estimate of drug-likeness (QED) is 0.840. The van der Waals surface area contributed by atoms with Crippen LogP contribution in [0.2, 0.25) is 0 Å². The molecule has 0 spiro atoms. The van der Waals surface area contributed by atoms with Crippen molar-refractivity contribution < 1.29 is 18.0 Å². The topological polar surface area (TPSA) is 45.2 Å². The highest BCUT2D eigenvalue weighted by Gasteiger charge is 2.44. The Morgan fingerprint density at radius 1 is 1.33 bits per heavy atom. The van der Waals surface area contributed by atoms with E-state index in [4.69, 9.17) is 0 Å². The third kappa shape index (κ3) is 3.87. The minimum Gasteiger partial charge on any atom is -0.302 e. The molecule has 1 N–H and O–H groups in total. The molecule has 2 unspecified atom stereocenters. The normalized spacial score (nSPS) is 22.4. The van der Waals surface area contributed by atoms with Gasteiger partial charge in [-0.25, -0.2) is 4.98 Å². The van der Waals surface area contributed by atoms with Crippen molar-refractivity contribution in [2.75, 3.05) is 18.4 Å². The number of likely N-dealkylation sites (N-methyl/N-ethyl adjacent to an activating group) is 1. The second-order valence-electron chi connectivity index (χ2n) is 7.07. The van der Waals surface area contributed by atoms with Gasteiger partial charge in [-0.1, -0.05) is 19.1 Å². The second kappa shape index (κ2) is 6.91. The van der Waals surface area contributed by atoms with Crippen LogP contribution in [0.3, 0.4) is 0 Å². The van der Waals surface area contributed by atoms with E-state index in [1.165, 1.54) is 28.3 Å². The van der Waals surface area contributed by atoms with Gasteiger partial charge in [0.1, 0.15) is 0 Å². The van der Waals surface area contributed by atoms with Gasteiger partial charge in [-0.05, 0) is 36.6 Å². The number of hydrogen-bond acceptors (Lipinski definition) is 4. The van der Waals surface area contributed by atoms with Crippen LogP contribution in [0.15, 0.2) is 24.3 Å². The number of nitrogens with zero attached hydrogens (tertiary/aromatic N) is 2. The Morgan fingerprint density at radius 2 is 2.07 bits per heavy atom. The number of fused-ring (bicyclic) bond motifs is 1. The molecule has 2 heterocycles. The number of amides is 1. The Hall–Kier alpha value is -1.93. The third-order valence-corrected chi connectivity index (χ3v) is 6.28. The maximum absolute atomic E-state index is 12.7. The van der Waals surface area contributed by atoms with Gasteiger partial charge in [0, 0.05) is 30.3 Å². The Balaban J connectivity index is 1.37. The molecule has 4 nitrogen and oxygen atoms in total. The Bertz CT molecular complexity index is 847. The number of alkyl halides is 3. The van der Waals surface area contributed by atoms with Gasteiger partial charge in [-0.2, -0.15) is 13.2 Å². The predicted octanol–water partition coefficient (Wildman–Crippen LogP) is 4.28. The van der Waals surface area contributed by atoms with Crippen LogP contribution >= 0.6 is 11.3 Å². The van der Waals surface area contributed by atoms with Crippen LogP contribution in [0.1, 0.15) is 41.0 Å². The van der Waals surface area contributed by atoms with E-state index in [-0.39, 0.29) is 17.7 Å². The first-order valence-electron chi connectivity index (χ1n) is 9.04. The zero-order valence-corrected chi connectivity index (χ0v) is 15.7. The van der Waals surface area contributed by atoms with Gasteiger partial charge in [-0.15, -0.1) is 11.3 Å². The summed E-state index contributed by atoms with van der Waals surface area (Å²) in [6, 6.07) is 5.11. The molecule has 27 heavy (non-hydrogen) atoms. The first-order chi connectivity index (χ1) is 12.8. The molecule has 1 aliphatic heterocycles. The number of carbonyl (C=O) groups is 1. The average molecular weight is 395 g/mol. The Labute approximate surface area is 159 Å². The molecule has 0 radical (unpaired) electrons. The summed E-state index contributed by atoms with van der Waals surface area (Å²) >= 11 is 1.52.